The zero-order valence-electron chi connectivity index (χ0n) is 10.6. The Kier molecular flexibility index (Phi) is 4.44. The second kappa shape index (κ2) is 5.92. The minimum Gasteiger partial charge on any atom is -0.295 e. The Hall–Kier alpha value is -1.41. The van der Waals surface area contributed by atoms with Crippen LogP contribution < -0.4 is 4.72 Å². The summed E-state index contributed by atoms with van der Waals surface area (Å²) in [6.45, 7) is 1.44. The van der Waals surface area contributed by atoms with Gasteiger partial charge in [0.25, 0.3) is 10.0 Å². The van der Waals surface area contributed by atoms with Gasteiger partial charge in [0.15, 0.2) is 5.78 Å². The van der Waals surface area contributed by atoms with Gasteiger partial charge in [-0.15, -0.1) is 0 Å². The summed E-state index contributed by atoms with van der Waals surface area (Å²) in [5, 5.41) is 0. The summed E-state index contributed by atoms with van der Waals surface area (Å²) in [6, 6.07) is 12.9. The SMILES string of the molecule is CC(=O)c1ccc(S(=O)(=O)Nc2cccc(I)c2)cc1. The Morgan fingerprint density at radius 1 is 1.10 bits per heavy atom. The smallest absolute Gasteiger partial charge is 0.261 e. The molecule has 0 bridgehead atoms. The van der Waals surface area contributed by atoms with E-state index in [4.69, 9.17) is 0 Å². The molecule has 0 aliphatic heterocycles. The molecule has 4 nitrogen and oxygen atoms in total. The van der Waals surface area contributed by atoms with Gasteiger partial charge in [-0.05, 0) is 59.8 Å². The van der Waals surface area contributed by atoms with Gasteiger partial charge in [0, 0.05) is 14.8 Å². The minimum atomic E-state index is -3.64. The highest BCUT2D eigenvalue weighted by molar-refractivity contribution is 14.1. The zero-order valence-corrected chi connectivity index (χ0v) is 13.6. The topological polar surface area (TPSA) is 63.2 Å². The molecule has 0 radical (unpaired) electrons. The predicted molar refractivity (Wildman–Crippen MR) is 86.4 cm³/mol. The van der Waals surface area contributed by atoms with E-state index in [2.05, 4.69) is 27.3 Å². The van der Waals surface area contributed by atoms with Crippen LogP contribution in [-0.2, 0) is 10.0 Å². The lowest BCUT2D eigenvalue weighted by Gasteiger charge is -2.08. The second-order valence-electron chi connectivity index (χ2n) is 4.20. The van der Waals surface area contributed by atoms with E-state index in [1.807, 2.05) is 6.07 Å². The highest BCUT2D eigenvalue weighted by Crippen LogP contribution is 2.18. The molecule has 0 spiro atoms. The molecule has 0 heterocycles. The number of sulfonamides is 1. The largest absolute Gasteiger partial charge is 0.295 e. The van der Waals surface area contributed by atoms with E-state index < -0.39 is 10.0 Å². The first kappa shape index (κ1) is 15.0. The molecule has 6 heteroatoms. The van der Waals surface area contributed by atoms with E-state index in [1.54, 1.807) is 18.2 Å². The lowest BCUT2D eigenvalue weighted by molar-refractivity contribution is 0.101. The van der Waals surface area contributed by atoms with Gasteiger partial charge in [-0.2, -0.15) is 0 Å². The average molecular weight is 401 g/mol. The van der Waals surface area contributed by atoms with Crippen LogP contribution in [0.15, 0.2) is 53.4 Å². The number of rotatable bonds is 4. The standard InChI is InChI=1S/C14H12INO3S/c1-10(17)11-5-7-14(8-6-11)20(18,19)16-13-4-2-3-12(15)9-13/h2-9,16H,1H3. The first-order chi connectivity index (χ1) is 9.38. The molecule has 0 fully saturated rings. The monoisotopic (exact) mass is 401 g/mol. The van der Waals surface area contributed by atoms with Crippen LogP contribution in [0.1, 0.15) is 17.3 Å². The predicted octanol–water partition coefficient (Wildman–Crippen LogP) is 3.29. The van der Waals surface area contributed by atoms with Gasteiger partial charge in [-0.25, -0.2) is 8.42 Å². The van der Waals surface area contributed by atoms with Crippen LogP contribution in [0.4, 0.5) is 5.69 Å². The van der Waals surface area contributed by atoms with E-state index in [-0.39, 0.29) is 10.7 Å². The fourth-order valence-electron chi connectivity index (χ4n) is 1.63. The molecule has 0 amide bonds. The normalized spacial score (nSPS) is 11.1. The Labute approximate surface area is 131 Å². The first-order valence-electron chi connectivity index (χ1n) is 5.78. The molecule has 20 heavy (non-hydrogen) atoms. The zero-order chi connectivity index (χ0) is 14.8. The molecule has 2 rings (SSSR count). The Bertz CT molecular complexity index is 739. The Morgan fingerprint density at radius 2 is 1.75 bits per heavy atom. The van der Waals surface area contributed by atoms with Crippen LogP contribution in [0.25, 0.3) is 0 Å². The van der Waals surface area contributed by atoms with Crippen LogP contribution in [0.2, 0.25) is 0 Å². The van der Waals surface area contributed by atoms with Gasteiger partial charge in [-0.3, -0.25) is 9.52 Å². The molecule has 0 atom stereocenters. The number of hydrogen-bond donors (Lipinski definition) is 1. The molecule has 0 aromatic heterocycles. The van der Waals surface area contributed by atoms with Gasteiger partial charge in [0.05, 0.1) is 4.90 Å². The van der Waals surface area contributed by atoms with Crippen molar-refractivity contribution in [1.82, 2.24) is 0 Å². The summed E-state index contributed by atoms with van der Waals surface area (Å²) >= 11 is 2.11. The fourth-order valence-corrected chi connectivity index (χ4v) is 3.23. The van der Waals surface area contributed by atoms with Gasteiger partial charge in [0.1, 0.15) is 0 Å². The van der Waals surface area contributed by atoms with Crippen molar-refractivity contribution < 1.29 is 13.2 Å². The van der Waals surface area contributed by atoms with Crippen LogP contribution in [0.5, 0.6) is 0 Å². The van der Waals surface area contributed by atoms with Crippen molar-refractivity contribution in [2.45, 2.75) is 11.8 Å². The second-order valence-corrected chi connectivity index (χ2v) is 7.12. The third kappa shape index (κ3) is 3.57. The van der Waals surface area contributed by atoms with Crippen molar-refractivity contribution >= 4 is 44.1 Å². The molecule has 0 aliphatic rings. The number of hydrogen-bond acceptors (Lipinski definition) is 3. The number of Topliss-reactive ketones (excluding diaryl/α,β-unsaturated/α-hetero) is 1. The summed E-state index contributed by atoms with van der Waals surface area (Å²) in [5.74, 6) is -0.0977. The molecular weight excluding hydrogens is 389 g/mol. The van der Waals surface area contributed by atoms with E-state index >= 15 is 0 Å². The molecule has 0 saturated heterocycles. The lowest BCUT2D eigenvalue weighted by atomic mass is 10.2. The molecule has 2 aromatic rings. The quantitative estimate of drug-likeness (QED) is 0.632. The number of anilines is 1. The molecule has 0 unspecified atom stereocenters. The highest BCUT2D eigenvalue weighted by Gasteiger charge is 2.14. The Balaban J connectivity index is 2.28. The number of benzene rings is 2. The van der Waals surface area contributed by atoms with Crippen molar-refractivity contribution in [3.63, 3.8) is 0 Å². The summed E-state index contributed by atoms with van der Waals surface area (Å²) in [6.07, 6.45) is 0. The van der Waals surface area contributed by atoms with Gasteiger partial charge in [0.2, 0.25) is 0 Å². The van der Waals surface area contributed by atoms with Crippen molar-refractivity contribution in [3.8, 4) is 0 Å². The van der Waals surface area contributed by atoms with Gasteiger partial charge in [-0.1, -0.05) is 18.2 Å². The number of carbonyl (C=O) groups is 1. The maximum atomic E-state index is 12.2. The molecule has 1 N–H and O–H groups in total. The van der Waals surface area contributed by atoms with E-state index in [0.717, 1.165) is 3.57 Å². The van der Waals surface area contributed by atoms with Crippen LogP contribution in [0.3, 0.4) is 0 Å². The number of carbonyl (C=O) groups excluding carboxylic acids is 1. The third-order valence-corrected chi connectivity index (χ3v) is 4.72. The summed E-state index contributed by atoms with van der Waals surface area (Å²) < 4.78 is 27.8. The minimum absolute atomic E-state index is 0.0977. The van der Waals surface area contributed by atoms with Gasteiger partial charge >= 0.3 is 0 Å². The van der Waals surface area contributed by atoms with Crippen molar-refractivity contribution in [1.29, 1.82) is 0 Å². The van der Waals surface area contributed by atoms with Crippen molar-refractivity contribution in [3.05, 3.63) is 57.7 Å². The number of ketones is 1. The van der Waals surface area contributed by atoms with Crippen molar-refractivity contribution in [2.75, 3.05) is 4.72 Å². The lowest BCUT2D eigenvalue weighted by Crippen LogP contribution is -2.13. The summed E-state index contributed by atoms with van der Waals surface area (Å²) in [4.78, 5) is 11.3. The van der Waals surface area contributed by atoms with E-state index in [1.165, 1.54) is 31.2 Å². The summed E-state index contributed by atoms with van der Waals surface area (Å²) in [7, 11) is -3.64. The Morgan fingerprint density at radius 3 is 2.30 bits per heavy atom. The molecule has 0 saturated carbocycles. The first-order valence-corrected chi connectivity index (χ1v) is 8.34. The third-order valence-electron chi connectivity index (χ3n) is 2.65. The number of halogens is 1. The molecule has 0 aliphatic carbocycles. The van der Waals surface area contributed by atoms with Crippen LogP contribution >= 0.6 is 22.6 Å². The van der Waals surface area contributed by atoms with Crippen LogP contribution in [0, 0.1) is 3.57 Å². The van der Waals surface area contributed by atoms with Gasteiger partial charge < -0.3 is 0 Å². The van der Waals surface area contributed by atoms with E-state index in [0.29, 0.717) is 11.3 Å². The maximum Gasteiger partial charge on any atom is 0.261 e. The average Bonchev–Trinajstić information content (AvgIpc) is 2.38. The molecule has 104 valence electrons. The molecular formula is C14H12INO3S. The maximum absolute atomic E-state index is 12.2. The number of nitrogens with one attached hydrogen (secondary N) is 1. The highest BCUT2D eigenvalue weighted by atomic mass is 127. The fraction of sp³-hybridized carbons (Fsp3) is 0.0714. The van der Waals surface area contributed by atoms with Crippen molar-refractivity contribution in [2.24, 2.45) is 0 Å². The van der Waals surface area contributed by atoms with E-state index in [9.17, 15) is 13.2 Å². The molecule has 2 aromatic carbocycles. The van der Waals surface area contributed by atoms with Crippen LogP contribution in [-0.4, -0.2) is 14.2 Å². The summed E-state index contributed by atoms with van der Waals surface area (Å²) in [5.41, 5.74) is 0.991.